The second kappa shape index (κ2) is 10.5. The average molecular weight is 478 g/mol. The van der Waals surface area contributed by atoms with Crippen molar-refractivity contribution in [3.63, 3.8) is 0 Å². The van der Waals surface area contributed by atoms with E-state index >= 15 is 0 Å². The van der Waals surface area contributed by atoms with Gasteiger partial charge < -0.3 is 15.2 Å². The molecule has 4 rings (SSSR count). The van der Waals surface area contributed by atoms with E-state index in [0.29, 0.717) is 18.3 Å². The number of carbonyl (C=O) groups excluding carboxylic acids is 2. The Bertz CT molecular complexity index is 1010. The quantitative estimate of drug-likeness (QED) is 0.490. The van der Waals surface area contributed by atoms with Crippen molar-refractivity contribution >= 4 is 11.9 Å². The van der Waals surface area contributed by atoms with Crippen LogP contribution in [0, 0.1) is 35.0 Å². The van der Waals surface area contributed by atoms with Crippen LogP contribution < -0.4 is 5.32 Å². The van der Waals surface area contributed by atoms with Crippen molar-refractivity contribution in [1.82, 2.24) is 5.32 Å². The standard InChI is InChI=1S/C30H39NO4/c1-19-9-8-12-25-17-24(18-32)21(3)28-26(16-23-10-6-5-7-11-23)31-29(34)30(25,28)27(35-22(4)33)14-13-20(2)15-19/h5-8,10-14,17,19-21,25-28,32H,9,15-16,18H2,1-4H3,(H,31,34)/t19-,20+,21+,25-,26-,27+,28-,30+/m0/s1. The Hall–Kier alpha value is -2.66. The van der Waals surface area contributed by atoms with Gasteiger partial charge in [-0.05, 0) is 54.2 Å². The predicted octanol–water partition coefficient (Wildman–Crippen LogP) is 4.62. The summed E-state index contributed by atoms with van der Waals surface area (Å²) in [6, 6.07) is 10.0. The molecule has 1 aliphatic heterocycles. The van der Waals surface area contributed by atoms with E-state index in [2.05, 4.69) is 62.5 Å². The first-order valence-electron chi connectivity index (χ1n) is 13.0. The highest BCUT2D eigenvalue weighted by atomic mass is 16.5. The van der Waals surface area contributed by atoms with Crippen LogP contribution in [0.1, 0.15) is 46.1 Å². The number of benzene rings is 1. The highest BCUT2D eigenvalue weighted by Crippen LogP contribution is 2.56. The minimum Gasteiger partial charge on any atom is -0.457 e. The Balaban J connectivity index is 1.90. The van der Waals surface area contributed by atoms with E-state index in [0.717, 1.165) is 24.0 Å². The van der Waals surface area contributed by atoms with E-state index in [1.165, 1.54) is 6.92 Å². The lowest BCUT2D eigenvalue weighted by Gasteiger charge is -2.48. The number of allylic oxidation sites excluding steroid dienone is 4. The normalized spacial score (nSPS) is 36.9. The van der Waals surface area contributed by atoms with E-state index in [4.69, 9.17) is 4.74 Å². The van der Waals surface area contributed by atoms with Crippen molar-refractivity contribution in [3.05, 3.63) is 71.8 Å². The van der Waals surface area contributed by atoms with Gasteiger partial charge in [0, 0.05) is 24.8 Å². The smallest absolute Gasteiger partial charge is 0.303 e. The summed E-state index contributed by atoms with van der Waals surface area (Å²) in [5.41, 5.74) is 1.10. The Morgan fingerprint density at radius 1 is 1.14 bits per heavy atom. The maximum Gasteiger partial charge on any atom is 0.303 e. The Labute approximate surface area is 209 Å². The van der Waals surface area contributed by atoms with Gasteiger partial charge in [-0.2, -0.15) is 0 Å². The van der Waals surface area contributed by atoms with Crippen LogP contribution in [-0.2, 0) is 20.7 Å². The lowest BCUT2D eigenvalue weighted by molar-refractivity contribution is -0.159. The molecule has 5 heteroatoms. The van der Waals surface area contributed by atoms with Gasteiger partial charge in [-0.25, -0.2) is 0 Å². The second-order valence-electron chi connectivity index (χ2n) is 10.8. The molecule has 0 bridgehead atoms. The molecule has 188 valence electrons. The highest BCUT2D eigenvalue weighted by Gasteiger charge is 2.65. The predicted molar refractivity (Wildman–Crippen MR) is 137 cm³/mol. The van der Waals surface area contributed by atoms with Crippen molar-refractivity contribution in [3.8, 4) is 0 Å². The first kappa shape index (κ1) is 25.4. The van der Waals surface area contributed by atoms with Crippen LogP contribution in [0.5, 0.6) is 0 Å². The van der Waals surface area contributed by atoms with Gasteiger partial charge in [-0.15, -0.1) is 0 Å². The molecular formula is C30H39NO4. The van der Waals surface area contributed by atoms with Gasteiger partial charge in [-0.3, -0.25) is 9.59 Å². The van der Waals surface area contributed by atoms with Gasteiger partial charge in [-0.1, -0.05) is 75.4 Å². The molecule has 1 aromatic rings. The number of ether oxygens (including phenoxy) is 1. The van der Waals surface area contributed by atoms with Crippen molar-refractivity contribution in [2.75, 3.05) is 6.61 Å². The topological polar surface area (TPSA) is 75.6 Å². The summed E-state index contributed by atoms with van der Waals surface area (Å²) in [5, 5.41) is 13.6. The number of esters is 1. The van der Waals surface area contributed by atoms with Gasteiger partial charge in [0.1, 0.15) is 11.5 Å². The Morgan fingerprint density at radius 3 is 2.57 bits per heavy atom. The number of carbonyl (C=O) groups is 2. The maximum atomic E-state index is 14.1. The summed E-state index contributed by atoms with van der Waals surface area (Å²) < 4.78 is 5.99. The summed E-state index contributed by atoms with van der Waals surface area (Å²) in [5.74, 6) is -0.165. The minimum atomic E-state index is -0.983. The largest absolute Gasteiger partial charge is 0.457 e. The molecule has 5 nitrogen and oxygen atoms in total. The monoisotopic (exact) mass is 477 g/mol. The third-order valence-electron chi connectivity index (χ3n) is 8.28. The third-order valence-corrected chi connectivity index (χ3v) is 8.28. The molecule has 1 spiro atoms. The fourth-order valence-corrected chi connectivity index (χ4v) is 6.75. The fourth-order valence-electron chi connectivity index (χ4n) is 6.75. The van der Waals surface area contributed by atoms with Crippen LogP contribution in [-0.4, -0.2) is 35.7 Å². The molecular weight excluding hydrogens is 438 g/mol. The second-order valence-corrected chi connectivity index (χ2v) is 10.8. The summed E-state index contributed by atoms with van der Waals surface area (Å²) in [7, 11) is 0. The molecule has 2 aliphatic carbocycles. The van der Waals surface area contributed by atoms with Gasteiger partial charge in [0.05, 0.1) is 6.61 Å². The first-order valence-corrected chi connectivity index (χ1v) is 13.0. The molecule has 0 radical (unpaired) electrons. The van der Waals surface area contributed by atoms with Crippen molar-refractivity contribution in [1.29, 1.82) is 0 Å². The first-order chi connectivity index (χ1) is 16.8. The molecule has 8 atom stereocenters. The van der Waals surface area contributed by atoms with Gasteiger partial charge in [0.25, 0.3) is 0 Å². The molecule has 0 saturated carbocycles. The fraction of sp³-hybridized carbons (Fsp3) is 0.533. The molecule has 35 heavy (non-hydrogen) atoms. The van der Waals surface area contributed by atoms with Crippen LogP contribution in [0.25, 0.3) is 0 Å². The zero-order valence-electron chi connectivity index (χ0n) is 21.3. The maximum absolute atomic E-state index is 14.1. The van der Waals surface area contributed by atoms with Crippen LogP contribution in [0.15, 0.2) is 66.3 Å². The number of aliphatic hydroxyl groups is 1. The van der Waals surface area contributed by atoms with Gasteiger partial charge in [0.15, 0.2) is 0 Å². The summed E-state index contributed by atoms with van der Waals surface area (Å²) in [6.45, 7) is 7.87. The van der Waals surface area contributed by atoms with Crippen LogP contribution >= 0.6 is 0 Å². The zero-order valence-corrected chi connectivity index (χ0v) is 21.3. The lowest BCUT2D eigenvalue weighted by atomic mass is 9.54. The van der Waals surface area contributed by atoms with Crippen molar-refractivity contribution in [2.24, 2.45) is 35.0 Å². The van der Waals surface area contributed by atoms with Crippen molar-refractivity contribution in [2.45, 2.75) is 59.1 Å². The molecule has 1 fully saturated rings. The molecule has 1 aromatic carbocycles. The summed E-state index contributed by atoms with van der Waals surface area (Å²) in [6.07, 6.45) is 12.4. The lowest BCUT2D eigenvalue weighted by Crippen LogP contribution is -2.55. The number of nitrogens with one attached hydrogen (secondary N) is 1. The van der Waals surface area contributed by atoms with Crippen LogP contribution in [0.4, 0.5) is 0 Å². The van der Waals surface area contributed by atoms with Crippen LogP contribution in [0.3, 0.4) is 0 Å². The van der Waals surface area contributed by atoms with E-state index in [9.17, 15) is 14.7 Å². The summed E-state index contributed by atoms with van der Waals surface area (Å²) >= 11 is 0. The number of aliphatic hydroxyl groups excluding tert-OH is 1. The SMILES string of the molecule is CC(=O)O[C@@H]1C=C[C@@H](C)C[C@@H](C)CC=C[C@H]2C=C(CO)[C@@H](C)[C@H]3[C@H](Cc4ccccc4)NC(=O)[C@@]231. The Kier molecular flexibility index (Phi) is 7.65. The number of hydrogen-bond donors (Lipinski definition) is 2. The average Bonchev–Trinajstić information content (AvgIpc) is 3.10. The number of hydrogen-bond acceptors (Lipinski definition) is 4. The molecule has 1 heterocycles. The minimum absolute atomic E-state index is 0.0498. The van der Waals surface area contributed by atoms with E-state index in [1.54, 1.807) is 0 Å². The van der Waals surface area contributed by atoms with E-state index in [-0.39, 0.29) is 36.3 Å². The van der Waals surface area contributed by atoms with E-state index in [1.807, 2.05) is 24.3 Å². The number of rotatable bonds is 4. The number of amides is 1. The molecule has 1 saturated heterocycles. The zero-order chi connectivity index (χ0) is 25.2. The molecule has 0 aromatic heterocycles. The van der Waals surface area contributed by atoms with E-state index < -0.39 is 17.5 Å². The van der Waals surface area contributed by atoms with Gasteiger partial charge in [0.2, 0.25) is 5.91 Å². The molecule has 1 amide bonds. The van der Waals surface area contributed by atoms with Gasteiger partial charge >= 0.3 is 5.97 Å². The van der Waals surface area contributed by atoms with Crippen molar-refractivity contribution < 1.29 is 19.4 Å². The highest BCUT2D eigenvalue weighted by molar-refractivity contribution is 5.89. The van der Waals surface area contributed by atoms with Crippen LogP contribution in [0.2, 0.25) is 0 Å². The third kappa shape index (κ3) is 4.88. The molecule has 2 N–H and O–H groups in total. The molecule has 3 aliphatic rings. The summed E-state index contributed by atoms with van der Waals surface area (Å²) in [4.78, 5) is 26.5. The molecule has 0 unspecified atom stereocenters. The Morgan fingerprint density at radius 2 is 1.89 bits per heavy atom.